The summed E-state index contributed by atoms with van der Waals surface area (Å²) in [6.07, 6.45) is 12.3. The van der Waals surface area contributed by atoms with Crippen LogP contribution in [0.4, 0.5) is 0 Å². The Hall–Kier alpha value is -0.820. The molecule has 1 rings (SSSR count). The van der Waals surface area contributed by atoms with E-state index in [9.17, 15) is 4.79 Å². The predicted molar refractivity (Wildman–Crippen MR) is 51.1 cm³/mol. The van der Waals surface area contributed by atoms with Gasteiger partial charge in [0.1, 0.15) is 0 Å². The van der Waals surface area contributed by atoms with E-state index >= 15 is 0 Å². The molecule has 0 radical (unpaired) electrons. The highest BCUT2D eigenvalue weighted by Gasteiger charge is 1.98. The van der Waals surface area contributed by atoms with Crippen LogP contribution in [0.1, 0.15) is 19.3 Å². The van der Waals surface area contributed by atoms with Crippen LogP contribution >= 0.6 is 11.6 Å². The highest BCUT2D eigenvalue weighted by atomic mass is 35.5. The lowest BCUT2D eigenvalue weighted by Gasteiger charge is -1.95. The van der Waals surface area contributed by atoms with Crippen LogP contribution in [-0.4, -0.2) is 5.24 Å². The van der Waals surface area contributed by atoms with E-state index < -0.39 is 0 Å². The number of carbonyl (C=O) groups excluding carboxylic acids is 1. The molecule has 0 heterocycles. The van der Waals surface area contributed by atoms with E-state index in [1.54, 1.807) is 0 Å². The van der Waals surface area contributed by atoms with Crippen molar-refractivity contribution in [2.45, 2.75) is 19.3 Å². The summed E-state index contributed by atoms with van der Waals surface area (Å²) in [5.74, 6) is 0. The average Bonchev–Trinajstić information content (AvgIpc) is 2.28. The Morgan fingerprint density at radius 3 is 3.08 bits per heavy atom. The second kappa shape index (κ2) is 4.94. The Labute approximate surface area is 77.4 Å². The predicted octanol–water partition coefficient (Wildman–Crippen LogP) is 2.97. The Kier molecular flexibility index (Phi) is 3.81. The summed E-state index contributed by atoms with van der Waals surface area (Å²) in [4.78, 5) is 10.5. The third kappa shape index (κ3) is 3.54. The van der Waals surface area contributed by atoms with Gasteiger partial charge in [-0.3, -0.25) is 4.79 Å². The number of hydrogen-bond donors (Lipinski definition) is 0. The first-order chi connectivity index (χ1) is 5.79. The molecular formula is C10H11ClO. The number of allylic oxidation sites excluding steroid dienone is 6. The molecule has 0 aromatic carbocycles. The zero-order valence-corrected chi connectivity index (χ0v) is 7.55. The first kappa shape index (κ1) is 9.27. The van der Waals surface area contributed by atoms with E-state index in [1.807, 2.05) is 18.2 Å². The highest BCUT2D eigenvalue weighted by molar-refractivity contribution is 6.63. The van der Waals surface area contributed by atoms with Crippen molar-refractivity contribution in [2.24, 2.45) is 0 Å². The number of hydrogen-bond acceptors (Lipinski definition) is 1. The lowest BCUT2D eigenvalue weighted by Crippen LogP contribution is -1.87. The normalized spacial score (nSPS) is 15.6. The largest absolute Gasteiger partial charge is 0.281 e. The van der Waals surface area contributed by atoms with Crippen molar-refractivity contribution in [3.8, 4) is 0 Å². The van der Waals surface area contributed by atoms with Crippen molar-refractivity contribution in [2.75, 3.05) is 0 Å². The van der Waals surface area contributed by atoms with Crippen molar-refractivity contribution >= 4 is 16.8 Å². The van der Waals surface area contributed by atoms with Gasteiger partial charge in [0, 0.05) is 6.42 Å². The zero-order valence-electron chi connectivity index (χ0n) is 6.79. The van der Waals surface area contributed by atoms with Crippen molar-refractivity contribution in [3.05, 3.63) is 36.0 Å². The van der Waals surface area contributed by atoms with E-state index in [0.717, 1.165) is 18.4 Å². The topological polar surface area (TPSA) is 17.1 Å². The van der Waals surface area contributed by atoms with E-state index in [1.165, 1.54) is 0 Å². The smallest absolute Gasteiger partial charge is 0.221 e. The molecular weight excluding hydrogens is 172 g/mol. The summed E-state index contributed by atoms with van der Waals surface area (Å²) in [7, 11) is 0. The van der Waals surface area contributed by atoms with E-state index in [0.29, 0.717) is 6.42 Å². The van der Waals surface area contributed by atoms with Crippen LogP contribution in [0.3, 0.4) is 0 Å². The lowest BCUT2D eigenvalue weighted by molar-refractivity contribution is -0.111. The summed E-state index contributed by atoms with van der Waals surface area (Å²) >= 11 is 5.23. The van der Waals surface area contributed by atoms with Crippen molar-refractivity contribution in [1.82, 2.24) is 0 Å². The quantitative estimate of drug-likeness (QED) is 0.614. The summed E-state index contributed by atoms with van der Waals surface area (Å²) in [6, 6.07) is 0. The van der Waals surface area contributed by atoms with Gasteiger partial charge in [0.2, 0.25) is 5.24 Å². The van der Waals surface area contributed by atoms with Crippen molar-refractivity contribution in [1.29, 1.82) is 0 Å². The second-order valence-corrected chi connectivity index (χ2v) is 3.08. The first-order valence-corrected chi connectivity index (χ1v) is 4.37. The lowest BCUT2D eigenvalue weighted by atomic mass is 10.1. The molecule has 12 heavy (non-hydrogen) atoms. The molecule has 64 valence electrons. The fourth-order valence-electron chi connectivity index (χ4n) is 1.03. The van der Waals surface area contributed by atoms with Gasteiger partial charge in [0.15, 0.2) is 0 Å². The highest BCUT2D eigenvalue weighted by Crippen LogP contribution is 2.11. The minimum atomic E-state index is -0.266. The molecule has 1 nitrogen and oxygen atoms in total. The monoisotopic (exact) mass is 182 g/mol. The van der Waals surface area contributed by atoms with E-state index in [4.69, 9.17) is 11.6 Å². The van der Waals surface area contributed by atoms with Gasteiger partial charge in [-0.2, -0.15) is 0 Å². The first-order valence-electron chi connectivity index (χ1n) is 3.99. The number of carbonyl (C=O) groups is 1. The number of rotatable bonds is 3. The van der Waals surface area contributed by atoms with E-state index in [2.05, 4.69) is 12.2 Å². The molecule has 0 amide bonds. The van der Waals surface area contributed by atoms with Crippen LogP contribution in [-0.2, 0) is 4.79 Å². The third-order valence-corrected chi connectivity index (χ3v) is 1.85. The van der Waals surface area contributed by atoms with Crippen LogP contribution in [0.5, 0.6) is 0 Å². The van der Waals surface area contributed by atoms with Gasteiger partial charge in [0.05, 0.1) is 0 Å². The molecule has 0 N–H and O–H groups in total. The maximum Gasteiger partial charge on any atom is 0.221 e. The zero-order chi connectivity index (χ0) is 8.81. The van der Waals surface area contributed by atoms with Gasteiger partial charge in [-0.1, -0.05) is 30.4 Å². The molecule has 0 aromatic rings. The second-order valence-electron chi connectivity index (χ2n) is 2.66. The summed E-state index contributed by atoms with van der Waals surface area (Å²) < 4.78 is 0. The molecule has 0 atom stereocenters. The van der Waals surface area contributed by atoms with Gasteiger partial charge in [-0.15, -0.1) is 0 Å². The molecule has 2 heteroatoms. The van der Waals surface area contributed by atoms with Crippen LogP contribution in [0, 0.1) is 0 Å². The fourth-order valence-corrected chi connectivity index (χ4v) is 1.13. The molecule has 0 aliphatic heterocycles. The van der Waals surface area contributed by atoms with Crippen LogP contribution in [0.25, 0.3) is 0 Å². The minimum Gasteiger partial charge on any atom is -0.281 e. The standard InChI is InChI=1S/C10H11ClO/c11-10(12)8-7-9-5-3-1-2-4-6-9/h1,3-6H,2,7-8H2. The maximum absolute atomic E-state index is 10.5. The van der Waals surface area contributed by atoms with Crippen molar-refractivity contribution in [3.63, 3.8) is 0 Å². The molecule has 0 saturated heterocycles. The molecule has 0 saturated carbocycles. The van der Waals surface area contributed by atoms with Crippen LogP contribution in [0.2, 0.25) is 0 Å². The van der Waals surface area contributed by atoms with Crippen LogP contribution < -0.4 is 0 Å². The summed E-state index contributed by atoms with van der Waals surface area (Å²) in [5, 5.41) is -0.266. The van der Waals surface area contributed by atoms with Crippen LogP contribution in [0.15, 0.2) is 36.0 Å². The third-order valence-electron chi connectivity index (χ3n) is 1.66. The molecule has 1 aliphatic rings. The summed E-state index contributed by atoms with van der Waals surface area (Å²) in [5.41, 5.74) is 1.16. The molecule has 0 aromatic heterocycles. The molecule has 0 bridgehead atoms. The minimum absolute atomic E-state index is 0.266. The Bertz CT molecular complexity index is 249. The molecule has 0 spiro atoms. The molecule has 0 unspecified atom stereocenters. The van der Waals surface area contributed by atoms with Gasteiger partial charge in [-0.05, 0) is 30.0 Å². The van der Waals surface area contributed by atoms with Crippen molar-refractivity contribution < 1.29 is 4.79 Å². The average molecular weight is 183 g/mol. The molecule has 1 aliphatic carbocycles. The number of halogens is 1. The van der Waals surface area contributed by atoms with Gasteiger partial charge >= 0.3 is 0 Å². The Morgan fingerprint density at radius 1 is 1.50 bits per heavy atom. The summed E-state index contributed by atoms with van der Waals surface area (Å²) in [6.45, 7) is 0. The molecule has 0 fully saturated rings. The van der Waals surface area contributed by atoms with E-state index in [-0.39, 0.29) is 5.24 Å². The SMILES string of the molecule is O=C(Cl)CCC1=CC=CCC=C1. The van der Waals surface area contributed by atoms with Gasteiger partial charge in [-0.25, -0.2) is 0 Å². The van der Waals surface area contributed by atoms with Gasteiger partial charge < -0.3 is 0 Å². The van der Waals surface area contributed by atoms with Gasteiger partial charge in [0.25, 0.3) is 0 Å². The maximum atomic E-state index is 10.5. The Morgan fingerprint density at radius 2 is 2.33 bits per heavy atom. The Balaban J connectivity index is 2.45. The fraction of sp³-hybridized carbons (Fsp3) is 0.300.